The Bertz CT molecular complexity index is 854. The van der Waals surface area contributed by atoms with Gasteiger partial charge >= 0.3 is 0 Å². The molecule has 0 aliphatic heterocycles. The number of rotatable bonds is 6. The number of nitrogens with zero attached hydrogens (tertiary/aromatic N) is 2. The van der Waals surface area contributed by atoms with Crippen LogP contribution in [-0.2, 0) is 0 Å². The largest absolute Gasteiger partial charge is 0.494 e. The topological polar surface area (TPSA) is 27.1 Å². The lowest BCUT2D eigenvalue weighted by atomic mass is 9.91. The Morgan fingerprint density at radius 2 is 1.69 bits per heavy atom. The molecule has 0 N–H and O–H groups in total. The minimum Gasteiger partial charge on any atom is -0.494 e. The Morgan fingerprint density at radius 3 is 2.35 bits per heavy atom. The zero-order valence-electron chi connectivity index (χ0n) is 16.6. The maximum absolute atomic E-state index is 5.90. The first-order chi connectivity index (χ1) is 12.3. The normalized spacial score (nSPS) is 12.1. The molecule has 1 heterocycles. The molecule has 0 saturated carbocycles. The van der Waals surface area contributed by atoms with Crippen molar-refractivity contribution in [3.63, 3.8) is 0 Å². The van der Waals surface area contributed by atoms with E-state index in [1.165, 1.54) is 11.9 Å². The first-order valence-corrected chi connectivity index (χ1v) is 9.55. The molecule has 0 fully saturated rings. The molecule has 2 aromatic carbocycles. The molecule has 0 radical (unpaired) electrons. The van der Waals surface area contributed by atoms with Gasteiger partial charge in [0, 0.05) is 11.6 Å². The highest BCUT2D eigenvalue weighted by atomic mass is 16.5. The molecule has 0 spiro atoms. The smallest absolute Gasteiger partial charge is 0.141 e. The van der Waals surface area contributed by atoms with Gasteiger partial charge in [-0.3, -0.25) is 0 Å². The van der Waals surface area contributed by atoms with Crippen molar-refractivity contribution < 1.29 is 4.74 Å². The highest BCUT2D eigenvalue weighted by molar-refractivity contribution is 5.80. The van der Waals surface area contributed by atoms with Gasteiger partial charge in [-0.25, -0.2) is 4.98 Å². The molecule has 3 heteroatoms. The third kappa shape index (κ3) is 4.27. The summed E-state index contributed by atoms with van der Waals surface area (Å²) >= 11 is 0. The molecular formula is C23H30N2O. The Morgan fingerprint density at radius 1 is 1.00 bits per heavy atom. The molecule has 26 heavy (non-hydrogen) atoms. The monoisotopic (exact) mass is 350 g/mol. The standard InChI is InChI=1S/C23H30N2O/c1-17(2)25-21-10-7-6-9-20(21)24-22(25)18-11-13-19(14-12-18)26-16-8-15-23(3,4)5/h6-7,9-14,17H,8,15-16H2,1-5H3. The minimum atomic E-state index is 0.353. The van der Waals surface area contributed by atoms with Gasteiger partial charge in [0.1, 0.15) is 11.6 Å². The van der Waals surface area contributed by atoms with Gasteiger partial charge < -0.3 is 9.30 Å². The maximum Gasteiger partial charge on any atom is 0.141 e. The van der Waals surface area contributed by atoms with Gasteiger partial charge in [-0.1, -0.05) is 32.9 Å². The summed E-state index contributed by atoms with van der Waals surface area (Å²) in [6.07, 6.45) is 2.25. The third-order valence-electron chi connectivity index (χ3n) is 4.56. The SMILES string of the molecule is CC(C)n1c(-c2ccc(OCCCC(C)(C)C)cc2)nc2ccccc21. The fraction of sp³-hybridized carbons (Fsp3) is 0.435. The van der Waals surface area contributed by atoms with E-state index in [4.69, 9.17) is 9.72 Å². The van der Waals surface area contributed by atoms with Crippen molar-refractivity contribution in [3.8, 4) is 17.1 Å². The van der Waals surface area contributed by atoms with Gasteiger partial charge in [0.05, 0.1) is 17.6 Å². The second-order valence-electron chi connectivity index (χ2n) is 8.42. The van der Waals surface area contributed by atoms with Gasteiger partial charge in [-0.15, -0.1) is 0 Å². The van der Waals surface area contributed by atoms with Crippen molar-refractivity contribution in [1.82, 2.24) is 9.55 Å². The molecule has 0 unspecified atom stereocenters. The Hall–Kier alpha value is -2.29. The summed E-state index contributed by atoms with van der Waals surface area (Å²) in [5.41, 5.74) is 3.71. The number of hydrogen-bond donors (Lipinski definition) is 0. The summed E-state index contributed by atoms with van der Waals surface area (Å²) in [7, 11) is 0. The van der Waals surface area contributed by atoms with E-state index in [1.807, 2.05) is 6.07 Å². The van der Waals surface area contributed by atoms with E-state index in [0.29, 0.717) is 11.5 Å². The van der Waals surface area contributed by atoms with Crippen molar-refractivity contribution in [2.24, 2.45) is 5.41 Å². The van der Waals surface area contributed by atoms with E-state index in [0.717, 1.165) is 35.7 Å². The van der Waals surface area contributed by atoms with Gasteiger partial charge in [-0.2, -0.15) is 0 Å². The number of aromatic nitrogens is 2. The van der Waals surface area contributed by atoms with Crippen LogP contribution in [0.2, 0.25) is 0 Å². The molecule has 0 aliphatic rings. The number of fused-ring (bicyclic) bond motifs is 1. The van der Waals surface area contributed by atoms with Gasteiger partial charge in [0.15, 0.2) is 0 Å². The van der Waals surface area contributed by atoms with Crippen LogP contribution in [0.3, 0.4) is 0 Å². The number of para-hydroxylation sites is 2. The van der Waals surface area contributed by atoms with Crippen LogP contribution in [0.1, 0.15) is 53.5 Å². The predicted octanol–water partition coefficient (Wildman–Crippen LogP) is 6.49. The van der Waals surface area contributed by atoms with Crippen LogP contribution in [0, 0.1) is 5.41 Å². The molecule has 3 aromatic rings. The van der Waals surface area contributed by atoms with E-state index in [9.17, 15) is 0 Å². The molecule has 0 amide bonds. The molecule has 3 nitrogen and oxygen atoms in total. The fourth-order valence-corrected chi connectivity index (χ4v) is 3.26. The molecule has 0 bridgehead atoms. The quantitative estimate of drug-likeness (QED) is 0.475. The molecule has 0 atom stereocenters. The maximum atomic E-state index is 5.90. The van der Waals surface area contributed by atoms with Crippen molar-refractivity contribution in [2.75, 3.05) is 6.61 Å². The number of ether oxygens (including phenoxy) is 1. The van der Waals surface area contributed by atoms with E-state index in [-0.39, 0.29) is 0 Å². The lowest BCUT2D eigenvalue weighted by Crippen LogP contribution is -2.07. The molecule has 0 saturated heterocycles. The zero-order valence-corrected chi connectivity index (χ0v) is 16.6. The molecule has 1 aromatic heterocycles. The zero-order chi connectivity index (χ0) is 18.7. The highest BCUT2D eigenvalue weighted by Crippen LogP contribution is 2.29. The van der Waals surface area contributed by atoms with E-state index >= 15 is 0 Å². The average molecular weight is 351 g/mol. The highest BCUT2D eigenvalue weighted by Gasteiger charge is 2.14. The van der Waals surface area contributed by atoms with Crippen LogP contribution in [0.4, 0.5) is 0 Å². The Labute approximate surface area is 157 Å². The first kappa shape index (κ1) is 18.5. The van der Waals surface area contributed by atoms with Crippen LogP contribution in [0.15, 0.2) is 48.5 Å². The summed E-state index contributed by atoms with van der Waals surface area (Å²) in [5, 5.41) is 0. The molecule has 3 rings (SSSR count). The summed E-state index contributed by atoms with van der Waals surface area (Å²) < 4.78 is 8.20. The summed E-state index contributed by atoms with van der Waals surface area (Å²) in [6, 6.07) is 17.0. The lowest BCUT2D eigenvalue weighted by Gasteiger charge is -2.17. The Kier molecular flexibility index (Phi) is 5.36. The molecule has 0 aliphatic carbocycles. The lowest BCUT2D eigenvalue weighted by molar-refractivity contribution is 0.269. The van der Waals surface area contributed by atoms with E-state index in [1.54, 1.807) is 0 Å². The summed E-state index contributed by atoms with van der Waals surface area (Å²) in [4.78, 5) is 4.86. The predicted molar refractivity (Wildman–Crippen MR) is 110 cm³/mol. The summed E-state index contributed by atoms with van der Waals surface area (Å²) in [6.45, 7) is 12.0. The molecule has 138 valence electrons. The van der Waals surface area contributed by atoms with Crippen LogP contribution < -0.4 is 4.74 Å². The second-order valence-corrected chi connectivity index (χ2v) is 8.42. The van der Waals surface area contributed by atoms with E-state index < -0.39 is 0 Å². The van der Waals surface area contributed by atoms with Crippen molar-refractivity contribution in [3.05, 3.63) is 48.5 Å². The number of hydrogen-bond acceptors (Lipinski definition) is 2. The van der Waals surface area contributed by atoms with Gasteiger partial charge in [0.25, 0.3) is 0 Å². The third-order valence-corrected chi connectivity index (χ3v) is 4.56. The molecular weight excluding hydrogens is 320 g/mol. The van der Waals surface area contributed by atoms with Gasteiger partial charge in [0.2, 0.25) is 0 Å². The van der Waals surface area contributed by atoms with Crippen LogP contribution in [-0.4, -0.2) is 16.2 Å². The second kappa shape index (κ2) is 7.53. The van der Waals surface area contributed by atoms with Crippen molar-refractivity contribution in [1.29, 1.82) is 0 Å². The first-order valence-electron chi connectivity index (χ1n) is 9.55. The van der Waals surface area contributed by atoms with Crippen molar-refractivity contribution in [2.45, 2.75) is 53.5 Å². The van der Waals surface area contributed by atoms with E-state index in [2.05, 4.69) is 81.7 Å². The van der Waals surface area contributed by atoms with Crippen LogP contribution in [0.5, 0.6) is 5.75 Å². The van der Waals surface area contributed by atoms with Gasteiger partial charge in [-0.05, 0) is 68.5 Å². The minimum absolute atomic E-state index is 0.353. The Balaban J connectivity index is 1.77. The number of imidazole rings is 1. The van der Waals surface area contributed by atoms with Crippen LogP contribution in [0.25, 0.3) is 22.4 Å². The van der Waals surface area contributed by atoms with Crippen molar-refractivity contribution >= 4 is 11.0 Å². The summed E-state index contributed by atoms with van der Waals surface area (Å²) in [5.74, 6) is 1.94. The fourth-order valence-electron chi connectivity index (χ4n) is 3.26. The number of benzene rings is 2. The van der Waals surface area contributed by atoms with Crippen LogP contribution >= 0.6 is 0 Å². The average Bonchev–Trinajstić information content (AvgIpc) is 2.98.